The molecular formula is C19H19N5O2. The Hall–Kier alpha value is -3.45. The van der Waals surface area contributed by atoms with Crippen LogP contribution in [-0.2, 0) is 0 Å². The second-order valence-corrected chi connectivity index (χ2v) is 5.62. The number of aliphatic hydroxyl groups is 1. The molecule has 0 bridgehead atoms. The Kier molecular flexibility index (Phi) is 5.40. The van der Waals surface area contributed by atoms with Crippen LogP contribution in [0.1, 0.15) is 11.6 Å². The number of rotatable bonds is 5. The van der Waals surface area contributed by atoms with Crippen molar-refractivity contribution >= 4 is 17.7 Å². The van der Waals surface area contributed by atoms with E-state index in [0.29, 0.717) is 11.4 Å². The third kappa shape index (κ3) is 4.34. The summed E-state index contributed by atoms with van der Waals surface area (Å²) in [6.07, 6.45) is 1.59. The van der Waals surface area contributed by atoms with E-state index in [-0.39, 0.29) is 12.6 Å². The fraction of sp³-hybridized carbons (Fsp3) is 0.105. The lowest BCUT2D eigenvalue weighted by molar-refractivity contribution is 0.225. The van der Waals surface area contributed by atoms with Crippen LogP contribution in [0.2, 0.25) is 0 Å². The molecule has 0 aliphatic rings. The summed E-state index contributed by atoms with van der Waals surface area (Å²) in [5.41, 5.74) is 8.62. The maximum Gasteiger partial charge on any atom is 0.319 e. The van der Waals surface area contributed by atoms with Gasteiger partial charge in [0.05, 0.1) is 18.3 Å². The molecule has 5 N–H and O–H groups in total. The van der Waals surface area contributed by atoms with Crippen LogP contribution in [0.5, 0.6) is 0 Å². The highest BCUT2D eigenvalue weighted by Crippen LogP contribution is 2.20. The summed E-state index contributed by atoms with van der Waals surface area (Å²) in [6, 6.07) is 17.4. The smallest absolute Gasteiger partial charge is 0.319 e. The minimum Gasteiger partial charge on any atom is -0.394 e. The molecule has 7 nitrogen and oxygen atoms in total. The number of amides is 2. The number of aromatic nitrogens is 2. The van der Waals surface area contributed by atoms with Gasteiger partial charge in [0.1, 0.15) is 0 Å². The number of nitrogens with one attached hydrogen (secondary N) is 2. The number of anilines is 2. The fourth-order valence-corrected chi connectivity index (χ4v) is 2.50. The highest BCUT2D eigenvalue weighted by atomic mass is 16.3. The van der Waals surface area contributed by atoms with E-state index in [1.54, 1.807) is 24.4 Å². The molecule has 0 saturated heterocycles. The zero-order valence-corrected chi connectivity index (χ0v) is 14.0. The quantitative estimate of drug-likeness (QED) is 0.565. The first kappa shape index (κ1) is 17.4. The van der Waals surface area contributed by atoms with Crippen molar-refractivity contribution in [2.75, 3.05) is 17.7 Å². The molecule has 0 fully saturated rings. The third-order valence-corrected chi connectivity index (χ3v) is 3.80. The summed E-state index contributed by atoms with van der Waals surface area (Å²) < 4.78 is 0. The lowest BCUT2D eigenvalue weighted by Gasteiger charge is -2.17. The van der Waals surface area contributed by atoms with Crippen LogP contribution in [0.25, 0.3) is 11.3 Å². The molecule has 2 aromatic carbocycles. The molecule has 0 aliphatic carbocycles. The van der Waals surface area contributed by atoms with E-state index in [4.69, 9.17) is 5.73 Å². The average Bonchev–Trinajstić information content (AvgIpc) is 2.67. The molecule has 0 unspecified atom stereocenters. The normalized spacial score (nSPS) is 11.6. The fourth-order valence-electron chi connectivity index (χ4n) is 2.50. The Morgan fingerprint density at radius 2 is 1.81 bits per heavy atom. The number of carbonyl (C=O) groups is 1. The van der Waals surface area contributed by atoms with Gasteiger partial charge in [0.2, 0.25) is 5.95 Å². The molecule has 2 amide bonds. The van der Waals surface area contributed by atoms with Crippen molar-refractivity contribution in [1.29, 1.82) is 0 Å². The van der Waals surface area contributed by atoms with E-state index < -0.39 is 12.1 Å². The van der Waals surface area contributed by atoms with Crippen LogP contribution in [0.3, 0.4) is 0 Å². The van der Waals surface area contributed by atoms with Crippen LogP contribution >= 0.6 is 0 Å². The number of benzene rings is 2. The second kappa shape index (κ2) is 8.09. The van der Waals surface area contributed by atoms with Gasteiger partial charge in [-0.1, -0.05) is 42.5 Å². The molecule has 3 aromatic rings. The van der Waals surface area contributed by atoms with E-state index in [1.807, 2.05) is 42.5 Å². The number of urea groups is 1. The maximum atomic E-state index is 12.2. The minimum absolute atomic E-state index is 0.189. The van der Waals surface area contributed by atoms with Crippen molar-refractivity contribution in [1.82, 2.24) is 15.3 Å². The summed E-state index contributed by atoms with van der Waals surface area (Å²) in [4.78, 5) is 20.2. The molecule has 132 valence electrons. The molecule has 0 spiro atoms. The van der Waals surface area contributed by atoms with Crippen molar-refractivity contribution < 1.29 is 9.90 Å². The van der Waals surface area contributed by atoms with Gasteiger partial charge in [0.25, 0.3) is 0 Å². The summed E-state index contributed by atoms with van der Waals surface area (Å²) >= 11 is 0. The van der Waals surface area contributed by atoms with Gasteiger partial charge >= 0.3 is 6.03 Å². The van der Waals surface area contributed by atoms with Crippen LogP contribution in [0.15, 0.2) is 66.9 Å². The van der Waals surface area contributed by atoms with Crippen LogP contribution < -0.4 is 16.4 Å². The van der Waals surface area contributed by atoms with Gasteiger partial charge in [-0.25, -0.2) is 14.8 Å². The number of nitrogen functional groups attached to an aromatic ring is 1. The zero-order chi connectivity index (χ0) is 18.4. The van der Waals surface area contributed by atoms with Crippen LogP contribution in [0, 0.1) is 0 Å². The Balaban J connectivity index is 1.64. The van der Waals surface area contributed by atoms with Gasteiger partial charge in [0, 0.05) is 17.4 Å². The van der Waals surface area contributed by atoms with Crippen molar-refractivity contribution in [2.45, 2.75) is 6.04 Å². The van der Waals surface area contributed by atoms with E-state index in [2.05, 4.69) is 20.6 Å². The van der Waals surface area contributed by atoms with Crippen LogP contribution in [0.4, 0.5) is 16.4 Å². The molecule has 1 heterocycles. The molecule has 0 radical (unpaired) electrons. The van der Waals surface area contributed by atoms with E-state index in [9.17, 15) is 9.90 Å². The largest absolute Gasteiger partial charge is 0.394 e. The second-order valence-electron chi connectivity index (χ2n) is 5.62. The monoisotopic (exact) mass is 349 g/mol. The lowest BCUT2D eigenvalue weighted by atomic mass is 10.1. The van der Waals surface area contributed by atoms with Crippen molar-refractivity contribution in [3.8, 4) is 11.3 Å². The van der Waals surface area contributed by atoms with Gasteiger partial charge in [-0.15, -0.1) is 0 Å². The van der Waals surface area contributed by atoms with E-state index in [0.717, 1.165) is 11.1 Å². The molecule has 26 heavy (non-hydrogen) atoms. The summed E-state index contributed by atoms with van der Waals surface area (Å²) in [7, 11) is 0. The Labute approximate surface area is 150 Å². The summed E-state index contributed by atoms with van der Waals surface area (Å²) in [6.45, 7) is -0.189. The Morgan fingerprint density at radius 1 is 1.08 bits per heavy atom. The molecule has 7 heteroatoms. The molecule has 0 aliphatic heterocycles. The minimum atomic E-state index is -0.473. The van der Waals surface area contributed by atoms with E-state index >= 15 is 0 Å². The number of nitrogens with zero attached hydrogens (tertiary/aromatic N) is 2. The van der Waals surface area contributed by atoms with Crippen molar-refractivity contribution in [2.24, 2.45) is 0 Å². The first-order valence-electron chi connectivity index (χ1n) is 8.08. The third-order valence-electron chi connectivity index (χ3n) is 3.80. The van der Waals surface area contributed by atoms with Gasteiger partial charge in [-0.2, -0.15) is 0 Å². The number of carbonyl (C=O) groups excluding carboxylic acids is 1. The van der Waals surface area contributed by atoms with Gasteiger partial charge < -0.3 is 21.5 Å². The highest BCUT2D eigenvalue weighted by Gasteiger charge is 2.13. The Bertz CT molecular complexity index is 869. The van der Waals surface area contributed by atoms with Crippen molar-refractivity contribution in [3.05, 3.63) is 72.4 Å². The summed E-state index contributed by atoms with van der Waals surface area (Å²) in [5.74, 6) is 0.208. The molecule has 1 aromatic heterocycles. The summed E-state index contributed by atoms with van der Waals surface area (Å²) in [5, 5.41) is 15.0. The maximum absolute atomic E-state index is 12.2. The average molecular weight is 349 g/mol. The lowest BCUT2D eigenvalue weighted by Crippen LogP contribution is -2.34. The van der Waals surface area contributed by atoms with Crippen molar-refractivity contribution in [3.63, 3.8) is 0 Å². The number of hydrogen-bond donors (Lipinski definition) is 4. The van der Waals surface area contributed by atoms with Gasteiger partial charge in [-0.3, -0.25) is 0 Å². The SMILES string of the molecule is Nc1nccc(-c2ccc(NC(=O)N[C@H](CO)c3ccccc3)cc2)n1. The topological polar surface area (TPSA) is 113 Å². The molecular weight excluding hydrogens is 330 g/mol. The van der Waals surface area contributed by atoms with Gasteiger partial charge in [-0.05, 0) is 23.8 Å². The predicted octanol–water partition coefficient (Wildman–Crippen LogP) is 2.58. The number of hydrogen-bond acceptors (Lipinski definition) is 5. The first-order valence-corrected chi connectivity index (χ1v) is 8.08. The standard InChI is InChI=1S/C19H19N5O2/c20-18-21-11-10-16(23-18)14-6-8-15(9-7-14)22-19(26)24-17(12-25)13-4-2-1-3-5-13/h1-11,17,25H,12H2,(H2,20,21,23)(H2,22,24,26)/t17-/m1/s1. The molecule has 1 atom stereocenters. The first-order chi connectivity index (χ1) is 12.7. The highest BCUT2D eigenvalue weighted by molar-refractivity contribution is 5.89. The van der Waals surface area contributed by atoms with Crippen LogP contribution in [-0.4, -0.2) is 27.7 Å². The van der Waals surface area contributed by atoms with Gasteiger partial charge in [0.15, 0.2) is 0 Å². The predicted molar refractivity (Wildman–Crippen MR) is 100 cm³/mol. The molecule has 3 rings (SSSR count). The zero-order valence-electron chi connectivity index (χ0n) is 14.0. The van der Waals surface area contributed by atoms with E-state index in [1.165, 1.54) is 0 Å². The number of nitrogens with two attached hydrogens (primary N) is 1. The Morgan fingerprint density at radius 3 is 2.46 bits per heavy atom. The number of aliphatic hydroxyl groups excluding tert-OH is 1. The molecule has 0 saturated carbocycles.